The Morgan fingerprint density at radius 2 is 1.83 bits per heavy atom. The monoisotopic (exact) mass is 506 g/mol. The van der Waals surface area contributed by atoms with Gasteiger partial charge in [-0.3, -0.25) is 4.90 Å². The first-order chi connectivity index (χ1) is 16.6. The molecule has 0 aliphatic carbocycles. The summed E-state index contributed by atoms with van der Waals surface area (Å²) in [6, 6.07) is 9.76. The molecule has 1 aliphatic rings. The molecule has 1 fully saturated rings. The summed E-state index contributed by atoms with van der Waals surface area (Å²) in [5.74, 6) is -1.12. The molecule has 8 nitrogen and oxygen atoms in total. The molecular formula is C25H31FN2O6S. The van der Waals surface area contributed by atoms with E-state index in [4.69, 9.17) is 14.2 Å². The van der Waals surface area contributed by atoms with Crippen LogP contribution < -0.4 is 9.64 Å². The largest absolute Gasteiger partial charge is 0.477 e. The smallest absolute Gasteiger partial charge is 0.324 e. The van der Waals surface area contributed by atoms with Gasteiger partial charge in [-0.05, 0) is 42.0 Å². The third-order valence-electron chi connectivity index (χ3n) is 6.07. The second-order valence-corrected chi connectivity index (χ2v) is 10.3. The van der Waals surface area contributed by atoms with E-state index >= 15 is 0 Å². The Kier molecular flexibility index (Phi) is 8.52. The Balaban J connectivity index is 1.73. The van der Waals surface area contributed by atoms with E-state index in [2.05, 4.69) is 6.58 Å². The molecule has 1 heterocycles. The van der Waals surface area contributed by atoms with Crippen molar-refractivity contribution in [3.8, 4) is 5.75 Å². The summed E-state index contributed by atoms with van der Waals surface area (Å²) < 4.78 is 56.7. The molecule has 2 aromatic carbocycles. The highest BCUT2D eigenvalue weighted by Gasteiger charge is 2.35. The number of sulfone groups is 1. The highest BCUT2D eigenvalue weighted by Crippen LogP contribution is 2.37. The number of anilines is 1. The van der Waals surface area contributed by atoms with Crippen LogP contribution in [0.15, 0.2) is 60.0 Å². The van der Waals surface area contributed by atoms with Crippen molar-refractivity contribution in [2.45, 2.75) is 23.3 Å². The molecule has 3 rings (SSSR count). The Bertz CT molecular complexity index is 1150. The van der Waals surface area contributed by atoms with Gasteiger partial charge in [0, 0.05) is 65.6 Å². The molecule has 0 aromatic heterocycles. The molecule has 10 heteroatoms. The van der Waals surface area contributed by atoms with Crippen molar-refractivity contribution in [3.05, 3.63) is 66.5 Å². The lowest BCUT2D eigenvalue weighted by atomic mass is 9.86. The number of benzene rings is 2. The van der Waals surface area contributed by atoms with E-state index in [1.165, 1.54) is 28.0 Å². The predicted molar refractivity (Wildman–Crippen MR) is 131 cm³/mol. The maximum absolute atomic E-state index is 14.4. The minimum Gasteiger partial charge on any atom is -0.477 e. The van der Waals surface area contributed by atoms with Gasteiger partial charge in [0.25, 0.3) is 0 Å². The molecule has 0 radical (unpaired) electrons. The first-order valence-corrected chi connectivity index (χ1v) is 12.8. The van der Waals surface area contributed by atoms with Crippen molar-refractivity contribution < 1.29 is 31.8 Å². The minimum atomic E-state index is -3.84. The van der Waals surface area contributed by atoms with Gasteiger partial charge in [0.2, 0.25) is 9.84 Å². The molecule has 0 bridgehead atoms. The highest BCUT2D eigenvalue weighted by molar-refractivity contribution is 7.91. The zero-order chi connectivity index (χ0) is 25.6. The molecule has 0 saturated carbocycles. The summed E-state index contributed by atoms with van der Waals surface area (Å²) >= 11 is 0. The number of halogens is 1. The van der Waals surface area contributed by atoms with Crippen molar-refractivity contribution in [2.75, 3.05) is 51.8 Å². The third kappa shape index (κ3) is 6.19. The van der Waals surface area contributed by atoms with Gasteiger partial charge in [-0.15, -0.1) is 6.58 Å². The number of hydrogen-bond acceptors (Lipinski definition) is 6. The zero-order valence-corrected chi connectivity index (χ0v) is 21.0. The van der Waals surface area contributed by atoms with Gasteiger partial charge < -0.3 is 19.1 Å². The quantitative estimate of drug-likeness (QED) is 0.479. The average molecular weight is 507 g/mol. The molecule has 1 aliphatic heterocycles. The van der Waals surface area contributed by atoms with E-state index in [1.54, 1.807) is 45.5 Å². The van der Waals surface area contributed by atoms with Gasteiger partial charge in [-0.2, -0.15) is 0 Å². The lowest BCUT2D eigenvalue weighted by Crippen LogP contribution is -2.38. The van der Waals surface area contributed by atoms with Gasteiger partial charge >= 0.3 is 6.03 Å². The molecular weight excluding hydrogens is 475 g/mol. The van der Waals surface area contributed by atoms with Crippen LogP contribution in [0.5, 0.6) is 5.75 Å². The molecule has 0 atom stereocenters. The third-order valence-corrected chi connectivity index (χ3v) is 7.49. The lowest BCUT2D eigenvalue weighted by molar-refractivity contribution is -0.0950. The van der Waals surface area contributed by atoms with Crippen LogP contribution in [0.3, 0.4) is 0 Å². The molecule has 1 saturated heterocycles. The van der Waals surface area contributed by atoms with Gasteiger partial charge in [0.05, 0.1) is 10.5 Å². The molecule has 2 amide bonds. The van der Waals surface area contributed by atoms with Crippen LogP contribution in [0, 0.1) is 5.82 Å². The molecule has 0 N–H and O–H groups in total. The number of likely N-dealkylation sites (N-methyl/N-ethyl adjacent to an activating group) is 1. The van der Waals surface area contributed by atoms with Gasteiger partial charge in [0.15, 0.2) is 5.94 Å². The Labute approximate surface area is 205 Å². The van der Waals surface area contributed by atoms with Gasteiger partial charge in [-0.1, -0.05) is 6.08 Å². The van der Waals surface area contributed by atoms with Crippen LogP contribution in [0.25, 0.3) is 0 Å². The van der Waals surface area contributed by atoms with E-state index < -0.39 is 27.2 Å². The normalized spacial score (nSPS) is 15.3. The number of carbonyl (C=O) groups excluding carboxylic acids is 1. The van der Waals surface area contributed by atoms with E-state index in [0.29, 0.717) is 43.9 Å². The van der Waals surface area contributed by atoms with Crippen molar-refractivity contribution >= 4 is 21.6 Å². The maximum atomic E-state index is 14.4. The fourth-order valence-electron chi connectivity index (χ4n) is 3.95. The summed E-state index contributed by atoms with van der Waals surface area (Å²) in [7, 11) is 0.965. The van der Waals surface area contributed by atoms with Crippen molar-refractivity contribution in [2.24, 2.45) is 0 Å². The number of methoxy groups -OCH3 is 1. The first kappa shape index (κ1) is 26.7. The second-order valence-electron chi connectivity index (χ2n) is 8.37. The average Bonchev–Trinajstić information content (AvgIpc) is 2.87. The molecule has 35 heavy (non-hydrogen) atoms. The van der Waals surface area contributed by atoms with Gasteiger partial charge in [0.1, 0.15) is 11.6 Å². The Hall–Kier alpha value is -2.95. The van der Waals surface area contributed by atoms with Crippen LogP contribution >= 0.6 is 0 Å². The molecule has 0 spiro atoms. The van der Waals surface area contributed by atoms with Gasteiger partial charge in [-0.25, -0.2) is 17.6 Å². The van der Waals surface area contributed by atoms with Crippen molar-refractivity contribution in [1.82, 2.24) is 4.90 Å². The van der Waals surface area contributed by atoms with E-state index in [0.717, 1.165) is 6.07 Å². The van der Waals surface area contributed by atoms with Crippen molar-refractivity contribution in [3.63, 3.8) is 0 Å². The maximum Gasteiger partial charge on any atom is 0.324 e. The highest BCUT2D eigenvalue weighted by atomic mass is 32.2. The minimum absolute atomic E-state index is 0.0240. The van der Waals surface area contributed by atoms with Crippen LogP contribution in [0.2, 0.25) is 0 Å². The topological polar surface area (TPSA) is 85.4 Å². The molecule has 0 unspecified atom stereocenters. The fraction of sp³-hybridized carbons (Fsp3) is 0.400. The number of nitrogens with zero attached hydrogens (tertiary/aromatic N) is 2. The summed E-state index contributed by atoms with van der Waals surface area (Å²) in [4.78, 5) is 15.3. The number of urea groups is 1. The summed E-state index contributed by atoms with van der Waals surface area (Å²) in [6.07, 6.45) is 2.72. The zero-order valence-electron chi connectivity index (χ0n) is 20.2. The number of ether oxygens (including phenoxy) is 3. The Morgan fingerprint density at radius 3 is 2.43 bits per heavy atom. The van der Waals surface area contributed by atoms with Crippen LogP contribution in [0.1, 0.15) is 18.4 Å². The fourth-order valence-corrected chi connectivity index (χ4v) is 4.93. The number of carbonyl (C=O) groups is 1. The first-order valence-electron chi connectivity index (χ1n) is 11.1. The van der Waals surface area contributed by atoms with E-state index in [1.807, 2.05) is 0 Å². The molecule has 190 valence electrons. The van der Waals surface area contributed by atoms with Crippen LogP contribution in [-0.2, 0) is 24.9 Å². The van der Waals surface area contributed by atoms with E-state index in [-0.39, 0.29) is 16.7 Å². The number of hydrogen-bond donors (Lipinski definition) is 0. The number of amides is 2. The standard InChI is InChI=1S/C25H31FN2O6S/c1-5-12-27(2)24(29)28(3)21-6-8-23(9-7-21)35(30,31)18-34-22-16-19(15-20(26)17-22)25(32-4)10-13-33-14-11-25/h5-9,15-17H,1,10-14,18H2,2-4H3. The SMILES string of the molecule is C=CCN(C)C(=O)N(C)c1ccc(S(=O)(=O)COc2cc(F)cc(C3(OC)CCOCC3)c2)cc1. The molecule has 2 aromatic rings. The summed E-state index contributed by atoms with van der Waals surface area (Å²) in [6.45, 7) is 4.96. The van der Waals surface area contributed by atoms with E-state index in [9.17, 15) is 17.6 Å². The van der Waals surface area contributed by atoms with Crippen LogP contribution in [-0.4, -0.2) is 66.3 Å². The second kappa shape index (κ2) is 11.2. The Morgan fingerprint density at radius 1 is 1.17 bits per heavy atom. The predicted octanol–water partition coefficient (Wildman–Crippen LogP) is 3.96. The van der Waals surface area contributed by atoms with Crippen LogP contribution in [0.4, 0.5) is 14.9 Å². The number of rotatable bonds is 9. The van der Waals surface area contributed by atoms with Crippen molar-refractivity contribution in [1.29, 1.82) is 0 Å². The summed E-state index contributed by atoms with van der Waals surface area (Å²) in [5.41, 5.74) is 0.396. The summed E-state index contributed by atoms with van der Waals surface area (Å²) in [5, 5.41) is 0. The lowest BCUT2D eigenvalue weighted by Gasteiger charge is -2.36.